The smallest absolute Gasteiger partial charge is 0.244 e. The number of H-pyrrole nitrogens is 1. The van der Waals surface area contributed by atoms with Crippen LogP contribution in [0.1, 0.15) is 5.82 Å². The number of hydrazine groups is 1. The number of aromatic nitrogens is 5. The Morgan fingerprint density at radius 3 is 2.56 bits per heavy atom. The summed E-state index contributed by atoms with van der Waals surface area (Å²) in [5, 5.41) is 6.13. The molecule has 0 fully saturated rings. The highest BCUT2D eigenvalue weighted by Gasteiger charge is 2.15. The molecule has 0 saturated carbocycles. The average molecular weight is 270 g/mol. The van der Waals surface area contributed by atoms with Gasteiger partial charge in [0.15, 0.2) is 0 Å². The van der Waals surface area contributed by atoms with E-state index in [0.717, 1.165) is 12.4 Å². The van der Waals surface area contributed by atoms with E-state index in [-0.39, 0.29) is 17.4 Å². The second-order valence-corrected chi connectivity index (χ2v) is 4.91. The van der Waals surface area contributed by atoms with Gasteiger partial charge < -0.3 is 0 Å². The van der Waals surface area contributed by atoms with Gasteiger partial charge in [0.25, 0.3) is 0 Å². The van der Waals surface area contributed by atoms with Gasteiger partial charge in [0, 0.05) is 0 Å². The van der Waals surface area contributed by atoms with E-state index in [2.05, 4.69) is 35.3 Å². The largest absolute Gasteiger partial charge is 0.292 e. The molecule has 0 aliphatic heterocycles. The molecule has 5 N–H and O–H groups in total. The molecule has 0 amide bonds. The third kappa shape index (κ3) is 2.77. The summed E-state index contributed by atoms with van der Waals surface area (Å²) < 4.78 is 26.0. The first kappa shape index (κ1) is 12.3. The fourth-order valence-electron chi connectivity index (χ4n) is 1.09. The van der Waals surface area contributed by atoms with Crippen LogP contribution in [-0.4, -0.2) is 33.6 Å². The fourth-order valence-corrected chi connectivity index (χ4v) is 1.97. The van der Waals surface area contributed by atoms with Crippen molar-refractivity contribution in [2.45, 2.75) is 11.4 Å². The Labute approximate surface area is 102 Å². The van der Waals surface area contributed by atoms with Crippen molar-refractivity contribution in [2.24, 2.45) is 5.84 Å². The quantitative estimate of drug-likeness (QED) is 0.373. The summed E-state index contributed by atoms with van der Waals surface area (Å²) in [6, 6.07) is 0. The summed E-state index contributed by atoms with van der Waals surface area (Å²) in [7, 11) is -3.69. The minimum atomic E-state index is -3.69. The highest BCUT2D eigenvalue weighted by atomic mass is 32.2. The summed E-state index contributed by atoms with van der Waals surface area (Å²) >= 11 is 0. The van der Waals surface area contributed by atoms with Gasteiger partial charge in [0.2, 0.25) is 16.0 Å². The van der Waals surface area contributed by atoms with Gasteiger partial charge >= 0.3 is 0 Å². The SMILES string of the molecule is NNc1ncc(S(=O)(=O)NCc2ncn[nH]2)cn1. The number of anilines is 1. The lowest BCUT2D eigenvalue weighted by Gasteiger charge is -2.04. The molecule has 2 aromatic rings. The third-order valence-corrected chi connectivity index (χ3v) is 3.32. The van der Waals surface area contributed by atoms with Crippen molar-refractivity contribution < 1.29 is 8.42 Å². The predicted octanol–water partition coefficient (Wildman–Crippen LogP) is -1.64. The molecule has 0 aliphatic carbocycles. The van der Waals surface area contributed by atoms with Gasteiger partial charge in [-0.1, -0.05) is 0 Å². The third-order valence-electron chi connectivity index (χ3n) is 1.96. The maximum atomic E-state index is 11.8. The van der Waals surface area contributed by atoms with Crippen molar-refractivity contribution in [3.63, 3.8) is 0 Å². The van der Waals surface area contributed by atoms with E-state index in [9.17, 15) is 8.42 Å². The van der Waals surface area contributed by atoms with Gasteiger partial charge in [-0.3, -0.25) is 10.5 Å². The Bertz CT molecular complexity index is 593. The first-order valence-electron chi connectivity index (χ1n) is 4.74. The van der Waals surface area contributed by atoms with Gasteiger partial charge in [0.05, 0.1) is 18.9 Å². The van der Waals surface area contributed by atoms with Crippen LogP contribution in [0.5, 0.6) is 0 Å². The van der Waals surface area contributed by atoms with Gasteiger partial charge in [0.1, 0.15) is 17.0 Å². The van der Waals surface area contributed by atoms with Crippen molar-refractivity contribution in [2.75, 3.05) is 5.43 Å². The summed E-state index contributed by atoms with van der Waals surface area (Å²) in [6.45, 7) is -0.000770. The molecule has 0 radical (unpaired) electrons. The molecule has 2 heterocycles. The molecule has 0 atom stereocenters. The van der Waals surface area contributed by atoms with Crippen molar-refractivity contribution >= 4 is 16.0 Å². The number of hydrogen-bond acceptors (Lipinski definition) is 8. The molecule has 0 unspecified atom stereocenters. The van der Waals surface area contributed by atoms with E-state index >= 15 is 0 Å². The molecule has 18 heavy (non-hydrogen) atoms. The molecule has 0 aliphatic rings. The number of nitrogens with one attached hydrogen (secondary N) is 3. The number of rotatable bonds is 5. The molecule has 10 nitrogen and oxygen atoms in total. The minimum absolute atomic E-state index is 0.000770. The topological polar surface area (TPSA) is 152 Å². The van der Waals surface area contributed by atoms with E-state index < -0.39 is 10.0 Å². The van der Waals surface area contributed by atoms with Gasteiger partial charge in [-0.05, 0) is 0 Å². The van der Waals surface area contributed by atoms with Crippen LogP contribution in [0.3, 0.4) is 0 Å². The summed E-state index contributed by atoms with van der Waals surface area (Å²) in [5.41, 5.74) is 2.20. The van der Waals surface area contributed by atoms with Crippen molar-refractivity contribution in [3.8, 4) is 0 Å². The average Bonchev–Trinajstić information content (AvgIpc) is 2.90. The van der Waals surface area contributed by atoms with Crippen LogP contribution >= 0.6 is 0 Å². The van der Waals surface area contributed by atoms with Gasteiger partial charge in [-0.2, -0.15) is 5.10 Å². The number of sulfonamides is 1. The molecular weight excluding hydrogens is 260 g/mol. The lowest BCUT2D eigenvalue weighted by molar-refractivity contribution is 0.578. The summed E-state index contributed by atoms with van der Waals surface area (Å²) in [4.78, 5) is 11.1. The number of nitrogen functional groups attached to an aromatic ring is 1. The normalized spacial score (nSPS) is 11.4. The van der Waals surface area contributed by atoms with Crippen molar-refractivity contribution in [1.82, 2.24) is 29.9 Å². The first-order valence-corrected chi connectivity index (χ1v) is 6.23. The Hall–Kier alpha value is -2.11. The van der Waals surface area contributed by atoms with Crippen LogP contribution in [0.15, 0.2) is 23.6 Å². The molecule has 11 heteroatoms. The lowest BCUT2D eigenvalue weighted by atomic mass is 10.6. The number of aromatic amines is 1. The Morgan fingerprint density at radius 2 is 2.00 bits per heavy atom. The van der Waals surface area contributed by atoms with Crippen LogP contribution in [0.25, 0.3) is 0 Å². The zero-order valence-electron chi connectivity index (χ0n) is 9.03. The molecule has 96 valence electrons. The standard InChI is InChI=1S/C7H10N8O2S/c8-14-7-9-1-5(2-10-7)18(16,17)13-3-6-11-4-12-15-6/h1-2,4,13H,3,8H2,(H,9,10,14)(H,11,12,15). The summed E-state index contributed by atoms with van der Waals surface area (Å²) in [6.07, 6.45) is 3.57. The Balaban J connectivity index is 2.09. The summed E-state index contributed by atoms with van der Waals surface area (Å²) in [5.74, 6) is 5.60. The van der Waals surface area contributed by atoms with Gasteiger partial charge in [-0.25, -0.2) is 33.9 Å². The molecular formula is C7H10N8O2S. The Morgan fingerprint density at radius 1 is 1.28 bits per heavy atom. The lowest BCUT2D eigenvalue weighted by Crippen LogP contribution is -2.24. The van der Waals surface area contributed by atoms with Crippen LogP contribution in [0.2, 0.25) is 0 Å². The maximum absolute atomic E-state index is 11.8. The zero-order chi connectivity index (χ0) is 13.0. The minimum Gasteiger partial charge on any atom is -0.292 e. The van der Waals surface area contributed by atoms with Crippen LogP contribution < -0.4 is 16.0 Å². The van der Waals surface area contributed by atoms with E-state index in [1.165, 1.54) is 6.33 Å². The van der Waals surface area contributed by atoms with Crippen LogP contribution in [0.4, 0.5) is 5.95 Å². The van der Waals surface area contributed by atoms with E-state index in [1.54, 1.807) is 0 Å². The molecule has 2 rings (SSSR count). The van der Waals surface area contributed by atoms with Crippen molar-refractivity contribution in [3.05, 3.63) is 24.5 Å². The molecule has 0 spiro atoms. The number of nitrogens with two attached hydrogens (primary N) is 1. The highest BCUT2D eigenvalue weighted by molar-refractivity contribution is 7.89. The molecule has 2 aromatic heterocycles. The number of nitrogens with zero attached hydrogens (tertiary/aromatic N) is 4. The van der Waals surface area contributed by atoms with Crippen molar-refractivity contribution in [1.29, 1.82) is 0 Å². The maximum Gasteiger partial charge on any atom is 0.244 e. The highest BCUT2D eigenvalue weighted by Crippen LogP contribution is 2.07. The second-order valence-electron chi connectivity index (χ2n) is 3.14. The van der Waals surface area contributed by atoms with Crippen LogP contribution in [0, 0.1) is 0 Å². The monoisotopic (exact) mass is 270 g/mol. The fraction of sp³-hybridized carbons (Fsp3) is 0.143. The number of hydrogen-bond donors (Lipinski definition) is 4. The Kier molecular flexibility index (Phi) is 3.45. The molecule has 0 bridgehead atoms. The zero-order valence-corrected chi connectivity index (χ0v) is 9.85. The van der Waals surface area contributed by atoms with E-state index in [4.69, 9.17) is 5.84 Å². The van der Waals surface area contributed by atoms with Gasteiger partial charge in [-0.15, -0.1) is 0 Å². The molecule has 0 aromatic carbocycles. The van der Waals surface area contributed by atoms with E-state index in [1.807, 2.05) is 0 Å². The van der Waals surface area contributed by atoms with Crippen LogP contribution in [-0.2, 0) is 16.6 Å². The second kappa shape index (κ2) is 5.03. The molecule has 0 saturated heterocycles. The first-order chi connectivity index (χ1) is 8.62. The van der Waals surface area contributed by atoms with E-state index in [0.29, 0.717) is 5.82 Å². The predicted molar refractivity (Wildman–Crippen MR) is 60.3 cm³/mol.